The molecule has 0 bridgehead atoms. The molecule has 138 valence electrons. The number of amides is 2. The normalized spacial score (nSPS) is 23.3. The zero-order chi connectivity index (χ0) is 18.4. The molecule has 3 heterocycles. The highest BCUT2D eigenvalue weighted by molar-refractivity contribution is 7.13. The lowest BCUT2D eigenvalue weighted by Crippen LogP contribution is -2.46. The van der Waals surface area contributed by atoms with Crippen molar-refractivity contribution < 1.29 is 9.59 Å². The molecule has 0 radical (unpaired) electrons. The highest BCUT2D eigenvalue weighted by Crippen LogP contribution is 2.44. The summed E-state index contributed by atoms with van der Waals surface area (Å²) in [5.74, 6) is -0.126. The molecule has 3 aliphatic rings. The third kappa shape index (κ3) is 2.70. The second-order valence-electron chi connectivity index (χ2n) is 7.62. The summed E-state index contributed by atoms with van der Waals surface area (Å²) in [5, 5.41) is 2.55. The number of rotatable bonds is 2. The largest absolute Gasteiger partial charge is 0.342 e. The fourth-order valence-corrected chi connectivity index (χ4v) is 5.33. The molecular formula is C21H21N3O2S. The Morgan fingerprint density at radius 2 is 2.04 bits per heavy atom. The average Bonchev–Trinajstić information content (AvgIpc) is 3.42. The molecule has 1 aromatic carbocycles. The molecule has 6 heteroatoms. The van der Waals surface area contributed by atoms with E-state index in [1.165, 1.54) is 22.5 Å². The van der Waals surface area contributed by atoms with Gasteiger partial charge in [-0.3, -0.25) is 14.5 Å². The van der Waals surface area contributed by atoms with Crippen molar-refractivity contribution in [2.75, 3.05) is 24.5 Å². The van der Waals surface area contributed by atoms with Gasteiger partial charge in [0.05, 0.1) is 5.92 Å². The van der Waals surface area contributed by atoms with Crippen LogP contribution in [0.4, 0.5) is 5.13 Å². The first-order chi connectivity index (χ1) is 13.2. The first-order valence-electron chi connectivity index (χ1n) is 9.44. The molecule has 2 saturated heterocycles. The summed E-state index contributed by atoms with van der Waals surface area (Å²) >= 11 is 1.44. The van der Waals surface area contributed by atoms with Gasteiger partial charge >= 0.3 is 0 Å². The predicted molar refractivity (Wildman–Crippen MR) is 106 cm³/mol. The Hall–Kier alpha value is -2.47. The Labute approximate surface area is 162 Å². The maximum atomic E-state index is 13.0. The van der Waals surface area contributed by atoms with Crippen LogP contribution in [0.1, 0.15) is 30.4 Å². The monoisotopic (exact) mass is 379 g/mol. The molecule has 2 amide bonds. The standard InChI is InChI=1S/C21H21N3O2S/c25-18-13-16(14-24(18)20-22-9-12-27-20)19(26)23-10-7-21(8-11-23)6-5-15-3-1-2-4-17(15)21/h1-6,9,12,16H,7-8,10-11,13-14H2. The highest BCUT2D eigenvalue weighted by atomic mass is 32.1. The van der Waals surface area contributed by atoms with Crippen molar-refractivity contribution in [3.8, 4) is 0 Å². The Bertz CT molecular complexity index is 913. The van der Waals surface area contributed by atoms with E-state index in [-0.39, 0.29) is 23.1 Å². The molecule has 2 aromatic rings. The summed E-state index contributed by atoms with van der Waals surface area (Å²) in [5.41, 5.74) is 2.77. The number of benzene rings is 1. The van der Waals surface area contributed by atoms with Crippen LogP contribution in [-0.4, -0.2) is 41.3 Å². The van der Waals surface area contributed by atoms with Crippen LogP contribution >= 0.6 is 11.3 Å². The van der Waals surface area contributed by atoms with Crippen molar-refractivity contribution in [2.45, 2.75) is 24.7 Å². The van der Waals surface area contributed by atoms with Gasteiger partial charge < -0.3 is 4.90 Å². The quantitative estimate of drug-likeness (QED) is 0.806. The first-order valence-corrected chi connectivity index (χ1v) is 10.3. The fourth-order valence-electron chi connectivity index (χ4n) is 4.66. The summed E-state index contributed by atoms with van der Waals surface area (Å²) in [6.45, 7) is 1.95. The number of carbonyl (C=O) groups excluding carboxylic acids is 2. The molecule has 1 atom stereocenters. The third-order valence-corrected chi connectivity index (χ3v) is 6.97. The van der Waals surface area contributed by atoms with Crippen LogP contribution in [0.2, 0.25) is 0 Å². The van der Waals surface area contributed by atoms with Gasteiger partial charge in [-0.1, -0.05) is 36.4 Å². The van der Waals surface area contributed by atoms with Gasteiger partial charge in [-0.2, -0.15) is 0 Å². The van der Waals surface area contributed by atoms with Crippen LogP contribution in [-0.2, 0) is 15.0 Å². The molecule has 2 aliphatic heterocycles. The smallest absolute Gasteiger partial charge is 0.229 e. The van der Waals surface area contributed by atoms with Crippen molar-refractivity contribution in [1.82, 2.24) is 9.88 Å². The van der Waals surface area contributed by atoms with Crippen LogP contribution in [0.3, 0.4) is 0 Å². The number of anilines is 1. The molecule has 0 N–H and O–H groups in total. The number of aromatic nitrogens is 1. The summed E-state index contributed by atoms with van der Waals surface area (Å²) < 4.78 is 0. The lowest BCUT2D eigenvalue weighted by atomic mass is 9.74. The maximum Gasteiger partial charge on any atom is 0.229 e. The second-order valence-corrected chi connectivity index (χ2v) is 8.50. The lowest BCUT2D eigenvalue weighted by molar-refractivity contribution is -0.137. The van der Waals surface area contributed by atoms with Crippen LogP contribution in [0.5, 0.6) is 0 Å². The van der Waals surface area contributed by atoms with Crippen LogP contribution in [0, 0.1) is 5.92 Å². The molecule has 5 nitrogen and oxygen atoms in total. The molecule has 5 rings (SSSR count). The van der Waals surface area contributed by atoms with Crippen molar-refractivity contribution in [3.63, 3.8) is 0 Å². The highest BCUT2D eigenvalue weighted by Gasteiger charge is 2.42. The van der Waals surface area contributed by atoms with E-state index in [1.807, 2.05) is 10.3 Å². The molecule has 27 heavy (non-hydrogen) atoms. The number of likely N-dealkylation sites (tertiary alicyclic amines) is 1. The zero-order valence-electron chi connectivity index (χ0n) is 15.0. The zero-order valence-corrected chi connectivity index (χ0v) is 15.8. The fraction of sp³-hybridized carbons (Fsp3) is 0.381. The minimum absolute atomic E-state index is 0.00410. The van der Waals surface area contributed by atoms with Gasteiger partial charge in [0.2, 0.25) is 11.8 Å². The van der Waals surface area contributed by atoms with E-state index in [0.29, 0.717) is 18.1 Å². The summed E-state index contributed by atoms with van der Waals surface area (Å²) in [6.07, 6.45) is 8.42. The summed E-state index contributed by atoms with van der Waals surface area (Å²) in [4.78, 5) is 33.2. The summed E-state index contributed by atoms with van der Waals surface area (Å²) in [6, 6.07) is 8.55. The van der Waals surface area contributed by atoms with E-state index < -0.39 is 0 Å². The minimum Gasteiger partial charge on any atom is -0.342 e. The van der Waals surface area contributed by atoms with E-state index >= 15 is 0 Å². The maximum absolute atomic E-state index is 13.0. The SMILES string of the molecule is O=C(C1CC(=O)N(c2nccs2)C1)N1CCC2(C=Cc3ccccc32)CC1. The molecular weight excluding hydrogens is 358 g/mol. The van der Waals surface area contributed by atoms with E-state index in [2.05, 4.69) is 41.4 Å². The molecule has 1 aliphatic carbocycles. The molecule has 2 fully saturated rings. The number of hydrogen-bond donors (Lipinski definition) is 0. The van der Waals surface area contributed by atoms with Gasteiger partial charge in [-0.25, -0.2) is 4.98 Å². The lowest BCUT2D eigenvalue weighted by Gasteiger charge is -2.40. The Morgan fingerprint density at radius 1 is 1.22 bits per heavy atom. The first kappa shape index (κ1) is 16.7. The average molecular weight is 379 g/mol. The number of hydrogen-bond acceptors (Lipinski definition) is 4. The second kappa shape index (κ2) is 6.30. The Balaban J connectivity index is 1.26. The predicted octanol–water partition coefficient (Wildman–Crippen LogP) is 3.08. The van der Waals surface area contributed by atoms with Crippen LogP contribution in [0.15, 0.2) is 41.9 Å². The number of carbonyl (C=O) groups is 2. The van der Waals surface area contributed by atoms with E-state index in [9.17, 15) is 9.59 Å². The molecule has 1 aromatic heterocycles. The van der Waals surface area contributed by atoms with Crippen LogP contribution in [0.25, 0.3) is 6.08 Å². The number of thiazole rings is 1. The third-order valence-electron chi connectivity index (χ3n) is 6.17. The number of nitrogens with zero attached hydrogens (tertiary/aromatic N) is 3. The topological polar surface area (TPSA) is 53.5 Å². The molecule has 1 spiro atoms. The number of fused-ring (bicyclic) bond motifs is 2. The van der Waals surface area contributed by atoms with Crippen molar-refractivity contribution in [3.05, 3.63) is 53.0 Å². The number of allylic oxidation sites excluding steroid dienone is 1. The Kier molecular flexibility index (Phi) is 3.90. The van der Waals surface area contributed by atoms with Gasteiger partial charge in [0, 0.05) is 43.0 Å². The van der Waals surface area contributed by atoms with Gasteiger partial charge in [-0.05, 0) is 24.0 Å². The van der Waals surface area contributed by atoms with Crippen molar-refractivity contribution in [1.29, 1.82) is 0 Å². The van der Waals surface area contributed by atoms with Crippen molar-refractivity contribution >= 4 is 34.4 Å². The van der Waals surface area contributed by atoms with Gasteiger partial charge in [0.1, 0.15) is 0 Å². The Morgan fingerprint density at radius 3 is 2.81 bits per heavy atom. The van der Waals surface area contributed by atoms with E-state index in [0.717, 1.165) is 25.9 Å². The number of piperidine rings is 1. The van der Waals surface area contributed by atoms with Gasteiger partial charge in [0.25, 0.3) is 0 Å². The van der Waals surface area contributed by atoms with Gasteiger partial charge in [-0.15, -0.1) is 11.3 Å². The molecule has 1 unspecified atom stereocenters. The minimum atomic E-state index is -0.248. The van der Waals surface area contributed by atoms with Gasteiger partial charge in [0.15, 0.2) is 5.13 Å². The summed E-state index contributed by atoms with van der Waals surface area (Å²) in [7, 11) is 0. The van der Waals surface area contributed by atoms with Crippen molar-refractivity contribution in [2.24, 2.45) is 5.92 Å². The van der Waals surface area contributed by atoms with E-state index in [4.69, 9.17) is 0 Å². The van der Waals surface area contributed by atoms with E-state index in [1.54, 1.807) is 11.1 Å². The van der Waals surface area contributed by atoms with Crippen LogP contribution < -0.4 is 4.90 Å². The molecule has 0 saturated carbocycles.